The summed E-state index contributed by atoms with van der Waals surface area (Å²) in [5.41, 5.74) is 0.949. The van der Waals surface area contributed by atoms with Gasteiger partial charge in [-0.2, -0.15) is 0 Å². The van der Waals surface area contributed by atoms with Gasteiger partial charge in [-0.25, -0.2) is 0 Å². The highest BCUT2D eigenvalue weighted by atomic mass is 16.5. The average molecular weight is 249 g/mol. The Hall–Kier alpha value is -1.70. The third-order valence-corrected chi connectivity index (χ3v) is 2.34. The Bertz CT molecular complexity index is 410. The van der Waals surface area contributed by atoms with Crippen LogP contribution in [-0.4, -0.2) is 31.5 Å². The van der Waals surface area contributed by atoms with E-state index in [9.17, 15) is 5.11 Å². The van der Waals surface area contributed by atoms with Gasteiger partial charge in [-0.15, -0.1) is 6.42 Å². The SMILES string of the molecule is C#CCOc1c(CNCC(C)O)cccc1OC. The number of hydrogen-bond donors (Lipinski definition) is 2. The molecule has 0 heterocycles. The summed E-state index contributed by atoms with van der Waals surface area (Å²) in [7, 11) is 1.59. The molecule has 18 heavy (non-hydrogen) atoms. The van der Waals surface area contributed by atoms with E-state index in [1.54, 1.807) is 14.0 Å². The lowest BCUT2D eigenvalue weighted by atomic mass is 10.2. The van der Waals surface area contributed by atoms with Crippen molar-refractivity contribution in [3.63, 3.8) is 0 Å². The van der Waals surface area contributed by atoms with Gasteiger partial charge in [0.1, 0.15) is 6.61 Å². The third kappa shape index (κ3) is 4.28. The normalized spacial score (nSPS) is 11.7. The van der Waals surface area contributed by atoms with E-state index in [0.29, 0.717) is 24.6 Å². The minimum Gasteiger partial charge on any atom is -0.493 e. The van der Waals surface area contributed by atoms with Crippen molar-refractivity contribution in [2.75, 3.05) is 20.3 Å². The van der Waals surface area contributed by atoms with E-state index in [1.165, 1.54) is 0 Å². The van der Waals surface area contributed by atoms with Crippen molar-refractivity contribution in [2.24, 2.45) is 0 Å². The van der Waals surface area contributed by atoms with Gasteiger partial charge in [0.15, 0.2) is 11.5 Å². The Morgan fingerprint density at radius 3 is 2.89 bits per heavy atom. The Morgan fingerprint density at radius 1 is 1.50 bits per heavy atom. The zero-order chi connectivity index (χ0) is 13.4. The summed E-state index contributed by atoms with van der Waals surface area (Å²) in [5, 5.41) is 12.3. The fraction of sp³-hybridized carbons (Fsp3) is 0.429. The van der Waals surface area contributed by atoms with Crippen LogP contribution in [0.1, 0.15) is 12.5 Å². The quantitative estimate of drug-likeness (QED) is 0.712. The molecule has 4 heteroatoms. The molecule has 0 fully saturated rings. The first-order valence-electron chi connectivity index (χ1n) is 5.80. The van der Waals surface area contributed by atoms with Crippen molar-refractivity contribution in [3.05, 3.63) is 23.8 Å². The number of aliphatic hydroxyl groups excluding tert-OH is 1. The van der Waals surface area contributed by atoms with Gasteiger partial charge < -0.3 is 19.9 Å². The molecule has 1 aromatic rings. The van der Waals surface area contributed by atoms with Gasteiger partial charge in [0.05, 0.1) is 13.2 Å². The Kier molecular flexibility index (Phi) is 6.06. The van der Waals surface area contributed by atoms with Crippen LogP contribution in [0.4, 0.5) is 0 Å². The number of para-hydroxylation sites is 1. The monoisotopic (exact) mass is 249 g/mol. The van der Waals surface area contributed by atoms with Crippen LogP contribution in [0, 0.1) is 12.3 Å². The molecular weight excluding hydrogens is 230 g/mol. The molecule has 0 aliphatic carbocycles. The predicted molar refractivity (Wildman–Crippen MR) is 70.7 cm³/mol. The summed E-state index contributed by atoms with van der Waals surface area (Å²) in [4.78, 5) is 0. The molecule has 0 aliphatic heterocycles. The minimum absolute atomic E-state index is 0.198. The van der Waals surface area contributed by atoms with Crippen molar-refractivity contribution in [2.45, 2.75) is 19.6 Å². The molecule has 0 amide bonds. The summed E-state index contributed by atoms with van der Waals surface area (Å²) in [5.74, 6) is 3.73. The standard InChI is InChI=1S/C14H19NO3/c1-4-8-18-14-12(10-15-9-11(2)16)6-5-7-13(14)17-3/h1,5-7,11,15-16H,8-10H2,2-3H3. The van der Waals surface area contributed by atoms with Crippen LogP contribution in [-0.2, 0) is 6.54 Å². The highest BCUT2D eigenvalue weighted by Crippen LogP contribution is 2.30. The molecule has 1 atom stereocenters. The van der Waals surface area contributed by atoms with E-state index in [0.717, 1.165) is 5.56 Å². The number of rotatable bonds is 7. The summed E-state index contributed by atoms with van der Waals surface area (Å²) >= 11 is 0. The molecule has 4 nitrogen and oxygen atoms in total. The number of terminal acetylenes is 1. The molecule has 1 rings (SSSR count). The van der Waals surface area contributed by atoms with Gasteiger partial charge in [0.2, 0.25) is 0 Å². The molecule has 0 bridgehead atoms. The van der Waals surface area contributed by atoms with Crippen LogP contribution in [0.3, 0.4) is 0 Å². The molecule has 0 aliphatic rings. The van der Waals surface area contributed by atoms with Crippen molar-refractivity contribution < 1.29 is 14.6 Å². The molecule has 0 saturated heterocycles. The summed E-state index contributed by atoms with van der Waals surface area (Å²) in [6, 6.07) is 5.65. The van der Waals surface area contributed by atoms with Gasteiger partial charge in [-0.1, -0.05) is 18.1 Å². The molecule has 0 spiro atoms. The lowest BCUT2D eigenvalue weighted by Gasteiger charge is -2.14. The van der Waals surface area contributed by atoms with E-state index < -0.39 is 0 Å². The fourth-order valence-corrected chi connectivity index (χ4v) is 1.55. The number of methoxy groups -OCH3 is 1. The molecule has 2 N–H and O–H groups in total. The van der Waals surface area contributed by atoms with E-state index >= 15 is 0 Å². The molecule has 1 unspecified atom stereocenters. The molecule has 0 aromatic heterocycles. The van der Waals surface area contributed by atoms with E-state index in [-0.39, 0.29) is 12.7 Å². The molecular formula is C14H19NO3. The maximum atomic E-state index is 9.20. The third-order valence-electron chi connectivity index (χ3n) is 2.34. The fourth-order valence-electron chi connectivity index (χ4n) is 1.55. The first-order chi connectivity index (χ1) is 8.69. The van der Waals surface area contributed by atoms with Crippen LogP contribution in [0.15, 0.2) is 18.2 Å². The van der Waals surface area contributed by atoms with Crippen LogP contribution in [0.5, 0.6) is 11.5 Å². The smallest absolute Gasteiger partial charge is 0.167 e. The van der Waals surface area contributed by atoms with Gasteiger partial charge >= 0.3 is 0 Å². The van der Waals surface area contributed by atoms with Gasteiger partial charge in [-0.05, 0) is 13.0 Å². The van der Waals surface area contributed by atoms with Crippen LogP contribution < -0.4 is 14.8 Å². The molecule has 1 aromatic carbocycles. The maximum absolute atomic E-state index is 9.20. The van der Waals surface area contributed by atoms with Crippen LogP contribution in [0.25, 0.3) is 0 Å². The number of hydrogen-bond acceptors (Lipinski definition) is 4. The topological polar surface area (TPSA) is 50.7 Å². The molecule has 0 radical (unpaired) electrons. The zero-order valence-corrected chi connectivity index (χ0v) is 10.8. The second-order valence-electron chi connectivity index (χ2n) is 3.92. The van der Waals surface area contributed by atoms with Gasteiger partial charge in [-0.3, -0.25) is 0 Å². The van der Waals surface area contributed by atoms with Gasteiger partial charge in [0.25, 0.3) is 0 Å². The van der Waals surface area contributed by atoms with Crippen molar-refractivity contribution in [1.82, 2.24) is 5.32 Å². The number of nitrogens with one attached hydrogen (secondary N) is 1. The Morgan fingerprint density at radius 2 is 2.28 bits per heavy atom. The van der Waals surface area contributed by atoms with E-state index in [4.69, 9.17) is 15.9 Å². The first-order valence-corrected chi connectivity index (χ1v) is 5.80. The largest absolute Gasteiger partial charge is 0.493 e. The summed E-state index contributed by atoms with van der Waals surface area (Å²) < 4.78 is 10.7. The Labute approximate surface area is 108 Å². The second kappa shape index (κ2) is 7.59. The average Bonchev–Trinajstić information content (AvgIpc) is 2.36. The van der Waals surface area contributed by atoms with E-state index in [1.807, 2.05) is 18.2 Å². The predicted octanol–water partition coefficient (Wildman–Crippen LogP) is 1.18. The number of aliphatic hydroxyl groups is 1. The van der Waals surface area contributed by atoms with Crippen molar-refractivity contribution >= 4 is 0 Å². The highest BCUT2D eigenvalue weighted by molar-refractivity contribution is 5.46. The molecule has 0 saturated carbocycles. The summed E-state index contributed by atoms with van der Waals surface area (Å²) in [6.45, 7) is 3.03. The Balaban J connectivity index is 2.78. The maximum Gasteiger partial charge on any atom is 0.167 e. The zero-order valence-electron chi connectivity index (χ0n) is 10.8. The molecule has 98 valence electrons. The summed E-state index contributed by atoms with van der Waals surface area (Å²) in [6.07, 6.45) is 4.81. The first kappa shape index (κ1) is 14.4. The number of ether oxygens (including phenoxy) is 2. The lowest BCUT2D eigenvalue weighted by Crippen LogP contribution is -2.24. The number of benzene rings is 1. The van der Waals surface area contributed by atoms with Crippen molar-refractivity contribution in [1.29, 1.82) is 0 Å². The second-order valence-corrected chi connectivity index (χ2v) is 3.92. The van der Waals surface area contributed by atoms with Crippen LogP contribution in [0.2, 0.25) is 0 Å². The van der Waals surface area contributed by atoms with Crippen LogP contribution >= 0.6 is 0 Å². The van der Waals surface area contributed by atoms with Gasteiger partial charge in [0, 0.05) is 18.7 Å². The highest BCUT2D eigenvalue weighted by Gasteiger charge is 2.10. The minimum atomic E-state index is -0.384. The van der Waals surface area contributed by atoms with Crippen molar-refractivity contribution in [3.8, 4) is 23.8 Å². The lowest BCUT2D eigenvalue weighted by molar-refractivity contribution is 0.190. The van der Waals surface area contributed by atoms with E-state index in [2.05, 4.69) is 11.2 Å².